The van der Waals surface area contributed by atoms with Crippen LogP contribution in [-0.2, 0) is 14.8 Å². The lowest BCUT2D eigenvalue weighted by molar-refractivity contribution is -0.126. The fourth-order valence-electron chi connectivity index (χ4n) is 3.66. The Bertz CT molecular complexity index is 914. The zero-order valence-corrected chi connectivity index (χ0v) is 17.7. The molecule has 0 radical (unpaired) electrons. The van der Waals surface area contributed by atoms with E-state index in [9.17, 15) is 13.2 Å². The number of nitrogens with zero attached hydrogens (tertiary/aromatic N) is 1. The molecule has 1 saturated heterocycles. The van der Waals surface area contributed by atoms with Crippen LogP contribution in [0.3, 0.4) is 0 Å². The van der Waals surface area contributed by atoms with Crippen LogP contribution in [0.5, 0.6) is 5.75 Å². The maximum atomic E-state index is 12.9. The second-order valence-corrected chi connectivity index (χ2v) is 9.20. The van der Waals surface area contributed by atoms with Gasteiger partial charge >= 0.3 is 0 Å². The summed E-state index contributed by atoms with van der Waals surface area (Å²) in [7, 11) is -1.97. The lowest BCUT2D eigenvalue weighted by atomic mass is 9.97. The van der Waals surface area contributed by atoms with Crippen molar-refractivity contribution in [1.82, 2.24) is 9.62 Å². The van der Waals surface area contributed by atoms with Gasteiger partial charge in [-0.1, -0.05) is 37.3 Å². The van der Waals surface area contributed by atoms with Gasteiger partial charge in [0.1, 0.15) is 5.75 Å². The summed E-state index contributed by atoms with van der Waals surface area (Å²) < 4.78 is 32.4. The van der Waals surface area contributed by atoms with Gasteiger partial charge in [0.25, 0.3) is 0 Å². The fraction of sp³-hybridized carbons (Fsp3) is 0.409. The summed E-state index contributed by atoms with van der Waals surface area (Å²) in [6.45, 7) is 2.67. The van der Waals surface area contributed by atoms with E-state index in [1.165, 1.54) is 4.31 Å². The van der Waals surface area contributed by atoms with E-state index in [0.717, 1.165) is 17.7 Å². The molecule has 6 nitrogen and oxygen atoms in total. The minimum absolute atomic E-state index is 0.0966. The lowest BCUT2D eigenvalue weighted by Crippen LogP contribution is -2.46. The van der Waals surface area contributed by atoms with Crippen molar-refractivity contribution < 1.29 is 17.9 Å². The van der Waals surface area contributed by atoms with E-state index < -0.39 is 10.0 Å². The maximum Gasteiger partial charge on any atom is 0.243 e. The summed E-state index contributed by atoms with van der Waals surface area (Å²) in [4.78, 5) is 13.2. The second-order valence-electron chi connectivity index (χ2n) is 7.26. The Morgan fingerprint density at radius 3 is 2.48 bits per heavy atom. The molecule has 2 atom stereocenters. The van der Waals surface area contributed by atoms with E-state index in [4.69, 9.17) is 4.74 Å². The van der Waals surface area contributed by atoms with Crippen molar-refractivity contribution in [3.8, 4) is 5.75 Å². The van der Waals surface area contributed by atoms with Crippen molar-refractivity contribution in [2.24, 2.45) is 5.92 Å². The molecule has 0 saturated carbocycles. The molecule has 1 N–H and O–H groups in total. The van der Waals surface area contributed by atoms with Gasteiger partial charge in [0.2, 0.25) is 15.9 Å². The van der Waals surface area contributed by atoms with Crippen LogP contribution >= 0.6 is 0 Å². The zero-order valence-electron chi connectivity index (χ0n) is 16.9. The molecule has 0 spiro atoms. The molecule has 0 aromatic heterocycles. The minimum atomic E-state index is -3.58. The number of piperidine rings is 1. The van der Waals surface area contributed by atoms with E-state index in [1.54, 1.807) is 37.4 Å². The first kappa shape index (κ1) is 21.3. The number of methoxy groups -OCH3 is 1. The Hall–Kier alpha value is -2.38. The first-order chi connectivity index (χ1) is 14.0. The predicted octanol–water partition coefficient (Wildman–Crippen LogP) is 3.36. The van der Waals surface area contributed by atoms with Crippen molar-refractivity contribution in [2.75, 3.05) is 20.2 Å². The van der Waals surface area contributed by atoms with Crippen molar-refractivity contribution >= 4 is 15.9 Å². The summed E-state index contributed by atoms with van der Waals surface area (Å²) in [5.74, 6) is 0.319. The molecule has 0 aliphatic carbocycles. The Morgan fingerprint density at radius 2 is 1.86 bits per heavy atom. The van der Waals surface area contributed by atoms with Crippen molar-refractivity contribution in [3.63, 3.8) is 0 Å². The molecule has 7 heteroatoms. The molecule has 1 aliphatic rings. The Labute approximate surface area is 172 Å². The van der Waals surface area contributed by atoms with Crippen LogP contribution in [0.25, 0.3) is 0 Å². The molecule has 0 unspecified atom stereocenters. The Morgan fingerprint density at radius 1 is 1.17 bits per heavy atom. The van der Waals surface area contributed by atoms with Crippen molar-refractivity contribution in [1.29, 1.82) is 0 Å². The monoisotopic (exact) mass is 416 g/mol. The van der Waals surface area contributed by atoms with Gasteiger partial charge in [0.05, 0.1) is 24.0 Å². The van der Waals surface area contributed by atoms with Gasteiger partial charge in [0.15, 0.2) is 0 Å². The number of amides is 1. The predicted molar refractivity (Wildman–Crippen MR) is 112 cm³/mol. The molecule has 156 valence electrons. The molecule has 1 heterocycles. The summed E-state index contributed by atoms with van der Waals surface area (Å²) in [5.41, 5.74) is 1.01. The summed E-state index contributed by atoms with van der Waals surface area (Å²) in [5, 5.41) is 3.10. The number of rotatable bonds is 7. The van der Waals surface area contributed by atoms with Crippen LogP contribution in [0.15, 0.2) is 59.5 Å². The highest BCUT2D eigenvalue weighted by atomic mass is 32.2. The van der Waals surface area contributed by atoms with Crippen molar-refractivity contribution in [2.45, 2.75) is 37.1 Å². The van der Waals surface area contributed by atoms with E-state index in [1.807, 2.05) is 31.2 Å². The average Bonchev–Trinajstić information content (AvgIpc) is 2.78. The molecule has 1 fully saturated rings. The first-order valence-corrected chi connectivity index (χ1v) is 11.4. The number of carbonyl (C=O) groups is 1. The van der Waals surface area contributed by atoms with Gasteiger partial charge in [-0.15, -0.1) is 0 Å². The normalized spacial score (nSPS) is 18.8. The van der Waals surface area contributed by atoms with Crippen LogP contribution in [-0.4, -0.2) is 38.8 Å². The van der Waals surface area contributed by atoms with E-state index >= 15 is 0 Å². The van der Waals surface area contributed by atoms with Gasteiger partial charge in [0, 0.05) is 13.1 Å². The SMILES string of the molecule is CC[C@H](NC(=O)[C@H]1CCCN(S(=O)(=O)c2ccccc2)C1)c1ccc(OC)cc1. The second kappa shape index (κ2) is 9.41. The molecule has 3 rings (SSSR count). The van der Waals surface area contributed by atoms with Gasteiger partial charge in [-0.25, -0.2) is 8.42 Å². The Balaban J connectivity index is 1.68. The van der Waals surface area contributed by atoms with Crippen LogP contribution in [0.2, 0.25) is 0 Å². The number of benzene rings is 2. The van der Waals surface area contributed by atoms with E-state index in [0.29, 0.717) is 19.4 Å². The third-order valence-corrected chi connectivity index (χ3v) is 7.26. The molecule has 1 amide bonds. The standard InChI is InChI=1S/C22H28N2O4S/c1-3-21(17-11-13-19(28-2)14-12-17)23-22(25)18-8-7-15-24(16-18)29(26,27)20-9-5-4-6-10-20/h4-6,9-14,18,21H,3,7-8,15-16H2,1-2H3,(H,23,25)/t18-,21-/m0/s1. The number of ether oxygens (including phenoxy) is 1. The highest BCUT2D eigenvalue weighted by Crippen LogP contribution is 2.26. The summed E-state index contributed by atoms with van der Waals surface area (Å²) in [6.07, 6.45) is 2.10. The van der Waals surface area contributed by atoms with Crippen LogP contribution < -0.4 is 10.1 Å². The Kier molecular flexibility index (Phi) is 6.92. The van der Waals surface area contributed by atoms with Crippen LogP contribution in [0, 0.1) is 5.92 Å². The summed E-state index contributed by atoms with van der Waals surface area (Å²) >= 11 is 0. The number of carbonyl (C=O) groups excluding carboxylic acids is 1. The number of hydrogen-bond acceptors (Lipinski definition) is 4. The van der Waals surface area contributed by atoms with Gasteiger partial charge < -0.3 is 10.1 Å². The van der Waals surface area contributed by atoms with Gasteiger partial charge in [-0.05, 0) is 49.1 Å². The molecule has 0 bridgehead atoms. The van der Waals surface area contributed by atoms with E-state index in [-0.39, 0.29) is 29.3 Å². The molecular formula is C22H28N2O4S. The zero-order chi connectivity index (χ0) is 20.9. The highest BCUT2D eigenvalue weighted by molar-refractivity contribution is 7.89. The fourth-order valence-corrected chi connectivity index (χ4v) is 5.21. The smallest absolute Gasteiger partial charge is 0.243 e. The largest absolute Gasteiger partial charge is 0.497 e. The van der Waals surface area contributed by atoms with Crippen LogP contribution in [0.1, 0.15) is 37.8 Å². The third kappa shape index (κ3) is 4.97. The van der Waals surface area contributed by atoms with Crippen LogP contribution in [0.4, 0.5) is 0 Å². The number of sulfonamides is 1. The topological polar surface area (TPSA) is 75.7 Å². The first-order valence-electron chi connectivity index (χ1n) is 9.95. The average molecular weight is 417 g/mol. The highest BCUT2D eigenvalue weighted by Gasteiger charge is 2.33. The number of hydrogen-bond donors (Lipinski definition) is 1. The molecular weight excluding hydrogens is 388 g/mol. The van der Waals surface area contributed by atoms with Gasteiger partial charge in [-0.3, -0.25) is 4.79 Å². The van der Waals surface area contributed by atoms with Crippen molar-refractivity contribution in [3.05, 3.63) is 60.2 Å². The quantitative estimate of drug-likeness (QED) is 0.751. The van der Waals surface area contributed by atoms with E-state index in [2.05, 4.69) is 5.32 Å². The lowest BCUT2D eigenvalue weighted by Gasteiger charge is -2.32. The maximum absolute atomic E-state index is 12.9. The van der Waals surface area contributed by atoms with Gasteiger partial charge in [-0.2, -0.15) is 4.31 Å². The molecule has 1 aliphatic heterocycles. The minimum Gasteiger partial charge on any atom is -0.497 e. The summed E-state index contributed by atoms with van der Waals surface area (Å²) in [6, 6.07) is 15.9. The molecule has 29 heavy (non-hydrogen) atoms. The third-order valence-electron chi connectivity index (χ3n) is 5.38. The molecule has 2 aromatic rings. The number of nitrogens with one attached hydrogen (secondary N) is 1. The molecule has 2 aromatic carbocycles.